The smallest absolute Gasteiger partial charge is 0.162 e. The van der Waals surface area contributed by atoms with Crippen molar-refractivity contribution in [2.75, 3.05) is 0 Å². The molecule has 0 atom stereocenters. The number of fused-ring (bicyclic) bond motifs is 2. The van der Waals surface area contributed by atoms with Crippen LogP contribution >= 0.6 is 0 Å². The Morgan fingerprint density at radius 2 is 1.07 bits per heavy atom. The van der Waals surface area contributed by atoms with Gasteiger partial charge in [-0.05, 0) is 54.6 Å². The molecule has 0 saturated heterocycles. The number of hydrogen-bond donors (Lipinski definition) is 0. The van der Waals surface area contributed by atoms with Gasteiger partial charge >= 0.3 is 0 Å². The van der Waals surface area contributed by atoms with E-state index in [0.717, 1.165) is 22.4 Å². The molecule has 0 saturated carbocycles. The molecular formula is C24H14F2N2O. The van der Waals surface area contributed by atoms with Crippen molar-refractivity contribution in [2.24, 2.45) is 9.98 Å². The van der Waals surface area contributed by atoms with E-state index in [2.05, 4.69) is 0 Å². The van der Waals surface area contributed by atoms with E-state index in [1.54, 1.807) is 30.5 Å². The zero-order chi connectivity index (χ0) is 19.8. The molecule has 0 aliphatic heterocycles. The minimum Gasteiger partial charge on any atom is -0.462 e. The molecule has 1 aliphatic rings. The second-order valence-electron chi connectivity index (χ2n) is 6.58. The molecule has 0 radical (unpaired) electrons. The second kappa shape index (κ2) is 6.95. The Hall–Kier alpha value is -3.86. The van der Waals surface area contributed by atoms with Crippen molar-refractivity contribution in [1.82, 2.24) is 0 Å². The molecule has 0 amide bonds. The molecule has 3 nitrogen and oxygen atoms in total. The molecule has 0 bridgehead atoms. The van der Waals surface area contributed by atoms with E-state index in [-0.39, 0.29) is 11.6 Å². The lowest BCUT2D eigenvalue weighted by atomic mass is 9.87. The van der Waals surface area contributed by atoms with E-state index in [9.17, 15) is 8.78 Å². The van der Waals surface area contributed by atoms with Gasteiger partial charge in [0.25, 0.3) is 0 Å². The van der Waals surface area contributed by atoms with Gasteiger partial charge in [0.1, 0.15) is 17.3 Å². The Kier molecular flexibility index (Phi) is 4.13. The summed E-state index contributed by atoms with van der Waals surface area (Å²) in [5, 5.41) is 0. The monoisotopic (exact) mass is 384 g/mol. The zero-order valence-corrected chi connectivity index (χ0v) is 15.1. The van der Waals surface area contributed by atoms with Gasteiger partial charge < -0.3 is 4.42 Å². The van der Waals surface area contributed by atoms with Crippen LogP contribution in [0.5, 0.6) is 0 Å². The van der Waals surface area contributed by atoms with Crippen molar-refractivity contribution in [3.63, 3.8) is 0 Å². The lowest BCUT2D eigenvalue weighted by molar-refractivity contribution is 0.557. The van der Waals surface area contributed by atoms with Gasteiger partial charge in [-0.2, -0.15) is 0 Å². The maximum atomic E-state index is 13.3. The first-order valence-corrected chi connectivity index (χ1v) is 9.05. The standard InChI is InChI=1S/C24H14F2N2O/c25-15-5-9-17(10-6-15)27-22-19-3-1-2-4-20(19)23(24-21(22)13-14-29-24)28-18-11-7-16(26)8-12-18/h1-14H. The Bertz CT molecular complexity index is 1160. The molecule has 5 heteroatoms. The fraction of sp³-hybridized carbons (Fsp3) is 0. The summed E-state index contributed by atoms with van der Waals surface area (Å²) in [6.45, 7) is 0. The van der Waals surface area contributed by atoms with Crippen LogP contribution in [0, 0.1) is 11.6 Å². The molecule has 0 spiro atoms. The molecule has 0 N–H and O–H groups in total. The number of benzene rings is 3. The largest absolute Gasteiger partial charge is 0.462 e. The van der Waals surface area contributed by atoms with Crippen LogP contribution in [0.1, 0.15) is 22.5 Å². The van der Waals surface area contributed by atoms with Crippen molar-refractivity contribution < 1.29 is 13.2 Å². The maximum Gasteiger partial charge on any atom is 0.162 e. The first kappa shape index (κ1) is 17.3. The van der Waals surface area contributed by atoms with Crippen LogP contribution in [-0.2, 0) is 0 Å². The summed E-state index contributed by atoms with van der Waals surface area (Å²) in [5.41, 5.74) is 5.21. The lowest BCUT2D eigenvalue weighted by Gasteiger charge is -2.19. The average Bonchev–Trinajstić information content (AvgIpc) is 3.23. The predicted octanol–water partition coefficient (Wildman–Crippen LogP) is 6.21. The van der Waals surface area contributed by atoms with Crippen molar-refractivity contribution in [3.05, 3.63) is 119 Å². The number of rotatable bonds is 2. The van der Waals surface area contributed by atoms with E-state index < -0.39 is 0 Å². The second-order valence-corrected chi connectivity index (χ2v) is 6.58. The third kappa shape index (κ3) is 3.17. The fourth-order valence-corrected chi connectivity index (χ4v) is 3.36. The number of furan rings is 1. The summed E-state index contributed by atoms with van der Waals surface area (Å²) in [7, 11) is 0. The van der Waals surface area contributed by atoms with Crippen molar-refractivity contribution in [1.29, 1.82) is 0 Å². The lowest BCUT2D eigenvalue weighted by Crippen LogP contribution is -2.20. The van der Waals surface area contributed by atoms with Gasteiger partial charge in [0, 0.05) is 16.7 Å². The molecule has 29 heavy (non-hydrogen) atoms. The highest BCUT2D eigenvalue weighted by atomic mass is 19.1. The Morgan fingerprint density at radius 1 is 0.552 bits per heavy atom. The minimum absolute atomic E-state index is 0.310. The van der Waals surface area contributed by atoms with E-state index >= 15 is 0 Å². The van der Waals surface area contributed by atoms with Crippen LogP contribution in [0.2, 0.25) is 0 Å². The van der Waals surface area contributed by atoms with E-state index in [1.165, 1.54) is 24.3 Å². The number of hydrogen-bond acceptors (Lipinski definition) is 3. The quantitative estimate of drug-likeness (QED) is 0.357. The van der Waals surface area contributed by atoms with Gasteiger partial charge in [0.05, 0.1) is 23.3 Å². The number of nitrogens with zero attached hydrogens (tertiary/aromatic N) is 2. The highest BCUT2D eigenvalue weighted by molar-refractivity contribution is 6.31. The van der Waals surface area contributed by atoms with E-state index in [4.69, 9.17) is 14.4 Å². The van der Waals surface area contributed by atoms with E-state index in [0.29, 0.717) is 22.8 Å². The molecular weight excluding hydrogens is 370 g/mol. The maximum absolute atomic E-state index is 13.3. The summed E-state index contributed by atoms with van der Waals surface area (Å²) in [4.78, 5) is 9.47. The fourth-order valence-electron chi connectivity index (χ4n) is 3.36. The highest BCUT2D eigenvalue weighted by Crippen LogP contribution is 2.32. The van der Waals surface area contributed by atoms with Crippen LogP contribution in [-0.4, -0.2) is 11.4 Å². The van der Waals surface area contributed by atoms with Crippen LogP contribution in [0.25, 0.3) is 0 Å². The first-order valence-electron chi connectivity index (χ1n) is 9.05. The third-order valence-corrected chi connectivity index (χ3v) is 4.71. The molecule has 140 valence electrons. The summed E-state index contributed by atoms with van der Waals surface area (Å²) >= 11 is 0. The Balaban J connectivity index is 1.71. The molecule has 1 aromatic heterocycles. The molecule has 1 heterocycles. The molecule has 4 aromatic rings. The van der Waals surface area contributed by atoms with Gasteiger partial charge in [-0.1, -0.05) is 24.3 Å². The van der Waals surface area contributed by atoms with E-state index in [1.807, 2.05) is 30.3 Å². The van der Waals surface area contributed by atoms with Crippen LogP contribution in [0.15, 0.2) is 99.5 Å². The SMILES string of the molecule is Fc1ccc(N=C2c3ccccc3C(=Nc3ccc(F)cc3)c3occc32)cc1. The van der Waals surface area contributed by atoms with Gasteiger partial charge in [-0.3, -0.25) is 0 Å². The summed E-state index contributed by atoms with van der Waals surface area (Å²) in [5.74, 6) is -0.0324. The van der Waals surface area contributed by atoms with Crippen LogP contribution in [0.3, 0.4) is 0 Å². The summed E-state index contributed by atoms with van der Waals surface area (Å²) in [6.07, 6.45) is 1.59. The normalized spacial score (nSPS) is 15.4. The van der Waals surface area contributed by atoms with Gasteiger partial charge in [0.2, 0.25) is 0 Å². The zero-order valence-electron chi connectivity index (χ0n) is 15.1. The van der Waals surface area contributed by atoms with Gasteiger partial charge in [-0.15, -0.1) is 0 Å². The number of aliphatic imine (C=N–C) groups is 2. The predicted molar refractivity (Wildman–Crippen MR) is 109 cm³/mol. The van der Waals surface area contributed by atoms with Crippen LogP contribution < -0.4 is 0 Å². The Labute approximate surface area is 165 Å². The molecule has 5 rings (SSSR count). The van der Waals surface area contributed by atoms with Gasteiger partial charge in [0.15, 0.2) is 5.76 Å². The topological polar surface area (TPSA) is 37.9 Å². The third-order valence-electron chi connectivity index (χ3n) is 4.71. The highest BCUT2D eigenvalue weighted by Gasteiger charge is 2.29. The summed E-state index contributed by atoms with van der Waals surface area (Å²) in [6, 6.07) is 21.6. The van der Waals surface area contributed by atoms with Crippen molar-refractivity contribution in [2.45, 2.75) is 0 Å². The molecule has 3 aromatic carbocycles. The minimum atomic E-state index is -0.314. The Morgan fingerprint density at radius 3 is 1.66 bits per heavy atom. The summed E-state index contributed by atoms with van der Waals surface area (Å²) < 4.78 is 32.3. The molecule has 0 unspecified atom stereocenters. The van der Waals surface area contributed by atoms with Crippen molar-refractivity contribution >= 4 is 22.8 Å². The molecule has 0 fully saturated rings. The van der Waals surface area contributed by atoms with Gasteiger partial charge in [-0.25, -0.2) is 18.8 Å². The molecule has 1 aliphatic carbocycles. The average molecular weight is 384 g/mol. The van der Waals surface area contributed by atoms with Crippen molar-refractivity contribution in [3.8, 4) is 0 Å². The first-order chi connectivity index (χ1) is 14.2. The number of halogens is 2. The van der Waals surface area contributed by atoms with Crippen LogP contribution in [0.4, 0.5) is 20.2 Å².